The Hall–Kier alpha value is -2.59. The molecule has 1 atom stereocenters. The summed E-state index contributed by atoms with van der Waals surface area (Å²) in [7, 11) is 2.97. The van der Waals surface area contributed by atoms with Crippen molar-refractivity contribution in [2.45, 2.75) is 12.5 Å². The molecule has 1 aliphatic heterocycles. The van der Waals surface area contributed by atoms with Crippen molar-refractivity contribution in [1.82, 2.24) is 4.90 Å². The highest BCUT2D eigenvalue weighted by molar-refractivity contribution is 8.26. The maximum atomic E-state index is 12.6. The first kappa shape index (κ1) is 19.7. The minimum absolute atomic E-state index is 0.0117. The molecule has 0 radical (unpaired) electrons. The van der Waals surface area contributed by atoms with Gasteiger partial charge in [0, 0.05) is 11.6 Å². The molecule has 1 aromatic rings. The molecule has 8 nitrogen and oxygen atoms in total. The molecule has 1 fully saturated rings. The maximum absolute atomic E-state index is 12.6. The number of methoxy groups -OCH3 is 2. The Balaban J connectivity index is 2.37. The zero-order valence-corrected chi connectivity index (χ0v) is 15.4. The van der Waals surface area contributed by atoms with Gasteiger partial charge in [0.25, 0.3) is 5.91 Å². The van der Waals surface area contributed by atoms with Gasteiger partial charge in [0.1, 0.15) is 21.9 Å². The van der Waals surface area contributed by atoms with Crippen molar-refractivity contribution < 1.29 is 34.1 Å². The van der Waals surface area contributed by atoms with E-state index in [2.05, 4.69) is 0 Å². The number of hydrogen-bond donors (Lipinski definition) is 2. The molecular formula is C16H15NO7S2. The number of benzene rings is 1. The monoisotopic (exact) mass is 397 g/mol. The Labute approximate surface area is 158 Å². The van der Waals surface area contributed by atoms with E-state index in [1.54, 1.807) is 18.2 Å². The second-order valence-corrected chi connectivity index (χ2v) is 6.79. The highest BCUT2D eigenvalue weighted by Gasteiger charge is 2.41. The molecule has 1 aliphatic rings. The third kappa shape index (κ3) is 4.14. The lowest BCUT2D eigenvalue weighted by Gasteiger charge is -2.21. The van der Waals surface area contributed by atoms with E-state index in [1.807, 2.05) is 0 Å². The number of carbonyl (C=O) groups is 3. The van der Waals surface area contributed by atoms with E-state index in [0.717, 1.165) is 16.7 Å². The summed E-state index contributed by atoms with van der Waals surface area (Å²) < 4.78 is 10.4. The predicted molar refractivity (Wildman–Crippen MR) is 98.2 cm³/mol. The van der Waals surface area contributed by atoms with Crippen LogP contribution in [0, 0.1) is 0 Å². The first-order valence-corrected chi connectivity index (χ1v) is 8.44. The molecule has 1 aromatic carbocycles. The number of carbonyl (C=O) groups excluding carboxylic acids is 1. The highest BCUT2D eigenvalue weighted by Crippen LogP contribution is 2.36. The standard InChI is InChI=1S/C16H15NO7S2/c1-23-9-4-3-8(11(6-9)24-2)5-12-14(20)17(16(25)26-12)10(15(21)22)7-13(18)19/h3-6,10H,7H2,1-2H3,(H,18,19)(H,21,22)/b12-5-. The lowest BCUT2D eigenvalue weighted by molar-refractivity contribution is -0.150. The summed E-state index contributed by atoms with van der Waals surface area (Å²) in [5.74, 6) is -2.42. The zero-order chi connectivity index (χ0) is 19.4. The van der Waals surface area contributed by atoms with E-state index >= 15 is 0 Å². The summed E-state index contributed by atoms with van der Waals surface area (Å²) in [4.78, 5) is 35.9. The van der Waals surface area contributed by atoms with Gasteiger partial charge in [-0.15, -0.1) is 0 Å². The average molecular weight is 397 g/mol. The number of carboxylic acids is 2. The summed E-state index contributed by atoms with van der Waals surface area (Å²) in [6.45, 7) is 0. The van der Waals surface area contributed by atoms with E-state index in [0.29, 0.717) is 17.1 Å². The van der Waals surface area contributed by atoms with Crippen molar-refractivity contribution in [3.63, 3.8) is 0 Å². The van der Waals surface area contributed by atoms with Crippen LogP contribution in [0.5, 0.6) is 11.5 Å². The van der Waals surface area contributed by atoms with Crippen LogP contribution in [0.4, 0.5) is 0 Å². The van der Waals surface area contributed by atoms with E-state index in [1.165, 1.54) is 20.3 Å². The molecule has 2 N–H and O–H groups in total. The van der Waals surface area contributed by atoms with E-state index in [-0.39, 0.29) is 9.23 Å². The molecule has 10 heteroatoms. The van der Waals surface area contributed by atoms with Gasteiger partial charge in [-0.2, -0.15) is 0 Å². The van der Waals surface area contributed by atoms with Crippen molar-refractivity contribution >= 4 is 52.2 Å². The molecule has 2 rings (SSSR count). The third-order valence-corrected chi connectivity index (χ3v) is 4.85. The summed E-state index contributed by atoms with van der Waals surface area (Å²) in [6.07, 6.45) is 0.762. The second kappa shape index (κ2) is 8.19. The van der Waals surface area contributed by atoms with Crippen molar-refractivity contribution in [1.29, 1.82) is 0 Å². The Bertz CT molecular complexity index is 806. The Morgan fingerprint density at radius 2 is 2.00 bits per heavy atom. The quantitative estimate of drug-likeness (QED) is 0.525. The smallest absolute Gasteiger partial charge is 0.327 e. The van der Waals surface area contributed by atoms with Gasteiger partial charge in [0.2, 0.25) is 0 Å². The van der Waals surface area contributed by atoms with Crippen LogP contribution < -0.4 is 9.47 Å². The molecule has 138 valence electrons. The number of ether oxygens (including phenoxy) is 2. The number of thiocarbonyl (C=S) groups is 1. The largest absolute Gasteiger partial charge is 0.497 e. The predicted octanol–water partition coefficient (Wildman–Crippen LogP) is 1.83. The van der Waals surface area contributed by atoms with Crippen molar-refractivity contribution in [3.8, 4) is 11.5 Å². The molecular weight excluding hydrogens is 382 g/mol. The maximum Gasteiger partial charge on any atom is 0.327 e. The fourth-order valence-electron chi connectivity index (χ4n) is 2.28. The fraction of sp³-hybridized carbons (Fsp3) is 0.250. The van der Waals surface area contributed by atoms with Crippen LogP contribution >= 0.6 is 24.0 Å². The molecule has 1 saturated heterocycles. The van der Waals surface area contributed by atoms with Gasteiger partial charge >= 0.3 is 11.9 Å². The first-order chi connectivity index (χ1) is 12.3. The van der Waals surface area contributed by atoms with Crippen molar-refractivity contribution in [3.05, 3.63) is 28.7 Å². The number of nitrogens with zero attached hydrogens (tertiary/aromatic N) is 1. The number of rotatable bonds is 7. The molecule has 0 aromatic heterocycles. The number of aliphatic carboxylic acids is 2. The average Bonchev–Trinajstić information content (AvgIpc) is 2.86. The lowest BCUT2D eigenvalue weighted by atomic mass is 10.1. The normalized spacial score (nSPS) is 16.7. The van der Waals surface area contributed by atoms with Crippen LogP contribution in [0.3, 0.4) is 0 Å². The number of thioether (sulfide) groups is 1. The first-order valence-electron chi connectivity index (χ1n) is 7.22. The van der Waals surface area contributed by atoms with Gasteiger partial charge in [0.15, 0.2) is 0 Å². The van der Waals surface area contributed by atoms with Gasteiger partial charge in [-0.3, -0.25) is 14.5 Å². The Morgan fingerprint density at radius 1 is 1.31 bits per heavy atom. The summed E-state index contributed by atoms with van der Waals surface area (Å²) in [6, 6.07) is 3.43. The van der Waals surface area contributed by atoms with Gasteiger partial charge in [-0.1, -0.05) is 24.0 Å². The van der Waals surface area contributed by atoms with Crippen LogP contribution in [0.25, 0.3) is 6.08 Å². The molecule has 0 saturated carbocycles. The Kier molecular flexibility index (Phi) is 6.22. The van der Waals surface area contributed by atoms with Crippen molar-refractivity contribution in [2.24, 2.45) is 0 Å². The van der Waals surface area contributed by atoms with E-state index < -0.39 is 30.3 Å². The molecule has 1 unspecified atom stereocenters. The molecule has 1 amide bonds. The minimum atomic E-state index is -1.57. The summed E-state index contributed by atoms with van der Waals surface area (Å²) in [5, 5.41) is 18.1. The van der Waals surface area contributed by atoms with E-state index in [4.69, 9.17) is 26.8 Å². The summed E-state index contributed by atoms with van der Waals surface area (Å²) >= 11 is 5.98. The van der Waals surface area contributed by atoms with Crippen LogP contribution in [-0.2, 0) is 14.4 Å². The van der Waals surface area contributed by atoms with Crippen molar-refractivity contribution in [2.75, 3.05) is 14.2 Å². The topological polar surface area (TPSA) is 113 Å². The molecule has 0 spiro atoms. The third-order valence-electron chi connectivity index (χ3n) is 3.52. The molecule has 0 aliphatic carbocycles. The molecule has 26 heavy (non-hydrogen) atoms. The van der Waals surface area contributed by atoms with Crippen LogP contribution in [-0.4, -0.2) is 57.5 Å². The molecule has 1 heterocycles. The van der Waals surface area contributed by atoms with Gasteiger partial charge in [-0.25, -0.2) is 4.79 Å². The highest BCUT2D eigenvalue weighted by atomic mass is 32.2. The lowest BCUT2D eigenvalue weighted by Crippen LogP contribution is -2.45. The number of carboxylic acid groups (broad SMARTS) is 2. The number of hydrogen-bond acceptors (Lipinski definition) is 7. The zero-order valence-electron chi connectivity index (χ0n) is 13.8. The second-order valence-electron chi connectivity index (χ2n) is 5.11. The van der Waals surface area contributed by atoms with Gasteiger partial charge in [-0.05, 0) is 18.2 Å². The molecule has 0 bridgehead atoms. The summed E-state index contributed by atoms with van der Waals surface area (Å²) in [5.41, 5.74) is 0.568. The van der Waals surface area contributed by atoms with Gasteiger partial charge < -0.3 is 19.7 Å². The van der Waals surface area contributed by atoms with Crippen LogP contribution in [0.15, 0.2) is 23.1 Å². The van der Waals surface area contributed by atoms with Crippen LogP contribution in [0.2, 0.25) is 0 Å². The minimum Gasteiger partial charge on any atom is -0.497 e. The number of amides is 1. The fourth-order valence-corrected chi connectivity index (χ4v) is 3.63. The SMILES string of the molecule is COc1ccc(/C=C2\SC(=S)N(C(CC(=O)O)C(=O)O)C2=O)c(OC)c1. The van der Waals surface area contributed by atoms with Gasteiger partial charge in [0.05, 0.1) is 25.5 Å². The van der Waals surface area contributed by atoms with Crippen LogP contribution in [0.1, 0.15) is 12.0 Å². The Morgan fingerprint density at radius 3 is 2.54 bits per heavy atom. The van der Waals surface area contributed by atoms with E-state index in [9.17, 15) is 19.5 Å².